The summed E-state index contributed by atoms with van der Waals surface area (Å²) in [5.41, 5.74) is -4.40. The number of aliphatic hydroxyl groups excluding tert-OH is 1. The van der Waals surface area contributed by atoms with Gasteiger partial charge < -0.3 is 34.1 Å². The summed E-state index contributed by atoms with van der Waals surface area (Å²) in [5, 5.41) is 14.6. The van der Waals surface area contributed by atoms with Crippen LogP contribution < -0.4 is 5.32 Å². The van der Waals surface area contributed by atoms with E-state index in [4.69, 9.17) is 23.7 Å². The third-order valence-corrected chi connectivity index (χ3v) is 12.9. The molecule has 13 atom stereocenters. The van der Waals surface area contributed by atoms with E-state index in [1.165, 1.54) is 18.9 Å². The molecule has 338 valence electrons. The number of hydrogen-bond donors (Lipinski definition) is 2. The van der Waals surface area contributed by atoms with Gasteiger partial charge in [-0.25, -0.2) is 14.0 Å². The number of fused-ring (bicyclic) bond motifs is 1. The predicted molar refractivity (Wildman–Crippen MR) is 222 cm³/mol. The van der Waals surface area contributed by atoms with Gasteiger partial charge in [0, 0.05) is 81.9 Å². The average molecular weight is 856 g/mol. The van der Waals surface area contributed by atoms with Gasteiger partial charge in [-0.2, -0.15) is 0 Å². The highest BCUT2D eigenvalue weighted by molar-refractivity contribution is 6.08. The topological polar surface area (TPSA) is 179 Å². The van der Waals surface area contributed by atoms with Gasteiger partial charge in [0.15, 0.2) is 17.7 Å². The second kappa shape index (κ2) is 20.1. The molecule has 2 aromatic heterocycles. The summed E-state index contributed by atoms with van der Waals surface area (Å²) in [6, 6.07) is 6.24. The maximum absolute atomic E-state index is 17.0. The van der Waals surface area contributed by atoms with E-state index in [1.54, 1.807) is 59.4 Å². The number of carbonyl (C=O) groups excluding carboxylic acids is 4. The van der Waals surface area contributed by atoms with Gasteiger partial charge in [0.25, 0.3) is 5.67 Å². The van der Waals surface area contributed by atoms with Gasteiger partial charge in [-0.3, -0.25) is 29.4 Å². The first kappa shape index (κ1) is 48.1. The van der Waals surface area contributed by atoms with E-state index in [1.807, 2.05) is 38.1 Å². The van der Waals surface area contributed by atoms with Crippen LogP contribution in [-0.2, 0) is 51.2 Å². The first-order valence-corrected chi connectivity index (χ1v) is 21.6. The molecule has 16 heteroatoms. The van der Waals surface area contributed by atoms with Crippen LogP contribution in [0.4, 0.5) is 9.18 Å². The molecule has 2 N–H and O–H groups in total. The number of amides is 1. The highest BCUT2D eigenvalue weighted by Gasteiger charge is 2.61. The van der Waals surface area contributed by atoms with Crippen molar-refractivity contribution in [2.24, 2.45) is 17.8 Å². The molecule has 0 saturated carbocycles. The fourth-order valence-corrected chi connectivity index (χ4v) is 9.65. The lowest BCUT2D eigenvalue weighted by molar-refractivity contribution is -0.290. The van der Waals surface area contributed by atoms with Crippen molar-refractivity contribution in [3.63, 3.8) is 0 Å². The number of Topliss-reactive ketones (excluding diaryl/α,β-unsaturated/α-hetero) is 2. The zero-order valence-corrected chi connectivity index (χ0v) is 37.3. The number of alkyl halides is 1. The summed E-state index contributed by atoms with van der Waals surface area (Å²) in [4.78, 5) is 69.5. The maximum Gasteiger partial charge on any atom is 0.410 e. The molecular formula is C45H66FN5O10. The molecule has 0 radical (unpaired) electrons. The van der Waals surface area contributed by atoms with E-state index >= 15 is 4.39 Å². The standard InChI is InChI=1S/C45H66FN5O10/c1-11-34-45(9)37(51(42(56)61-45)20-19-50(25-31-15-13-17-47-23-31)26-32-16-14-18-48-24-32)29(5)35(52)27(3)22-43(7,57-10)39(30(6)38(54)44(8,46)41(55)59-34)60-40-36(53)33(49-12-2)21-28(4)58-40/h13-18,23-24,27-30,33-34,36-37,39-40,49,53H,11-12,19-22,25-26H2,1-10H3/t27-,28-,29+,30+,33+,34-,36+,37?,39-,40+,43-,44+,45-/m1/s1. The van der Waals surface area contributed by atoms with Gasteiger partial charge in [0.05, 0.1) is 23.9 Å². The average Bonchev–Trinajstić information content (AvgIpc) is 3.50. The van der Waals surface area contributed by atoms with Crippen LogP contribution in [0.2, 0.25) is 0 Å². The third-order valence-electron chi connectivity index (χ3n) is 12.9. The highest BCUT2D eigenvalue weighted by Crippen LogP contribution is 2.43. The summed E-state index contributed by atoms with van der Waals surface area (Å²) >= 11 is 0. The normalized spacial score (nSPS) is 36.6. The van der Waals surface area contributed by atoms with Gasteiger partial charge in [-0.05, 0) is 76.8 Å². The Morgan fingerprint density at radius 1 is 0.984 bits per heavy atom. The van der Waals surface area contributed by atoms with Crippen LogP contribution in [0.5, 0.6) is 0 Å². The van der Waals surface area contributed by atoms with Crippen LogP contribution in [0.3, 0.4) is 0 Å². The summed E-state index contributed by atoms with van der Waals surface area (Å²) in [6.45, 7) is 16.4. The quantitative estimate of drug-likeness (QED) is 0.207. The number of hydrogen-bond acceptors (Lipinski definition) is 14. The fourth-order valence-electron chi connectivity index (χ4n) is 9.65. The zero-order valence-electron chi connectivity index (χ0n) is 37.3. The van der Waals surface area contributed by atoms with Crippen LogP contribution in [0.1, 0.15) is 92.7 Å². The first-order chi connectivity index (χ1) is 28.8. The lowest BCUT2D eigenvalue weighted by atomic mass is 9.73. The number of nitrogens with one attached hydrogen (secondary N) is 1. The number of nitrogens with zero attached hydrogens (tertiary/aromatic N) is 4. The van der Waals surface area contributed by atoms with Crippen molar-refractivity contribution >= 4 is 23.6 Å². The second-order valence-electron chi connectivity index (χ2n) is 17.7. The second-order valence-corrected chi connectivity index (χ2v) is 17.7. The Morgan fingerprint density at radius 3 is 2.15 bits per heavy atom. The number of ketones is 2. The number of ether oxygens (including phenoxy) is 5. The Bertz CT molecular complexity index is 1770. The summed E-state index contributed by atoms with van der Waals surface area (Å²) < 4.78 is 47.7. The molecule has 2 aromatic rings. The van der Waals surface area contributed by atoms with E-state index in [9.17, 15) is 24.3 Å². The number of pyridine rings is 2. The number of halogens is 1. The number of methoxy groups -OCH3 is 1. The van der Waals surface area contributed by atoms with Crippen LogP contribution in [0, 0.1) is 17.8 Å². The molecule has 0 aromatic carbocycles. The van der Waals surface area contributed by atoms with E-state index < -0.39 is 89.2 Å². The molecule has 0 bridgehead atoms. The van der Waals surface area contributed by atoms with Crippen LogP contribution in [0.15, 0.2) is 49.1 Å². The molecule has 1 unspecified atom stereocenters. The largest absolute Gasteiger partial charge is 0.455 e. The van der Waals surface area contributed by atoms with Crippen molar-refractivity contribution in [2.45, 2.75) is 154 Å². The van der Waals surface area contributed by atoms with Gasteiger partial charge >= 0.3 is 12.1 Å². The molecule has 61 heavy (non-hydrogen) atoms. The highest BCUT2D eigenvalue weighted by atomic mass is 19.1. The van der Waals surface area contributed by atoms with Crippen molar-refractivity contribution in [1.82, 2.24) is 25.1 Å². The molecule has 5 rings (SSSR count). The van der Waals surface area contributed by atoms with Gasteiger partial charge in [-0.1, -0.05) is 46.8 Å². The van der Waals surface area contributed by atoms with Crippen LogP contribution in [0.25, 0.3) is 0 Å². The Balaban J connectivity index is 1.53. The maximum atomic E-state index is 17.0. The van der Waals surface area contributed by atoms with Crippen molar-refractivity contribution in [2.75, 3.05) is 26.7 Å². The summed E-state index contributed by atoms with van der Waals surface area (Å²) in [7, 11) is 1.40. The van der Waals surface area contributed by atoms with Crippen LogP contribution >= 0.6 is 0 Å². The van der Waals surface area contributed by atoms with E-state index in [0.29, 0.717) is 32.6 Å². The number of carbonyl (C=O) groups is 4. The number of aliphatic hydroxyl groups is 1. The molecule has 5 heterocycles. The third kappa shape index (κ3) is 10.5. The summed E-state index contributed by atoms with van der Waals surface area (Å²) in [5.74, 6) is -5.90. The molecular weight excluding hydrogens is 790 g/mol. The molecule has 3 aliphatic rings. The Morgan fingerprint density at radius 2 is 1.61 bits per heavy atom. The molecule has 1 amide bonds. The lowest BCUT2D eigenvalue weighted by Gasteiger charge is -2.46. The Kier molecular flexibility index (Phi) is 15.8. The lowest BCUT2D eigenvalue weighted by Crippen LogP contribution is -2.62. The molecule has 3 aliphatic heterocycles. The van der Waals surface area contributed by atoms with E-state index in [2.05, 4.69) is 20.2 Å². The van der Waals surface area contributed by atoms with Crippen molar-refractivity contribution in [1.29, 1.82) is 0 Å². The number of esters is 1. The van der Waals surface area contributed by atoms with Gasteiger partial charge in [0.1, 0.15) is 18.0 Å². The van der Waals surface area contributed by atoms with E-state index in [0.717, 1.165) is 18.1 Å². The van der Waals surface area contributed by atoms with E-state index in [-0.39, 0.29) is 31.3 Å². The molecule has 0 spiro atoms. The number of rotatable bonds is 13. The monoisotopic (exact) mass is 855 g/mol. The zero-order chi connectivity index (χ0) is 44.9. The molecule has 3 fully saturated rings. The summed E-state index contributed by atoms with van der Waals surface area (Å²) in [6.07, 6.45) is 1.40. The SMILES string of the molecule is CCN[C@H]1C[C@@H](C)O[C@@H](O[C@@H]2[C@@H](C)C(=O)[C@](C)(F)C(=O)O[C@H](CC)[C@@]3(C)OC(=O)N(CCN(Cc4cccnc4)Cc4cccnc4)C3[C@@H](C)C(=O)[C@H](C)C[C@@]2(C)OC)[C@H]1O. The molecule has 15 nitrogen and oxygen atoms in total. The Labute approximate surface area is 359 Å². The molecule has 3 saturated heterocycles. The first-order valence-electron chi connectivity index (χ1n) is 21.6. The number of likely N-dealkylation sites (N-methyl/N-ethyl adjacent to an activating group) is 1. The Hall–Kier alpha value is -3.93. The van der Waals surface area contributed by atoms with Crippen LogP contribution in [-0.4, -0.2) is 135 Å². The van der Waals surface area contributed by atoms with Crippen molar-refractivity contribution in [3.8, 4) is 0 Å². The number of aromatic nitrogens is 2. The van der Waals surface area contributed by atoms with Gasteiger partial charge in [-0.15, -0.1) is 0 Å². The van der Waals surface area contributed by atoms with Gasteiger partial charge in [0.2, 0.25) is 0 Å². The van der Waals surface area contributed by atoms with Crippen molar-refractivity contribution < 1.29 is 52.4 Å². The van der Waals surface area contributed by atoms with Crippen molar-refractivity contribution in [3.05, 3.63) is 60.2 Å². The fraction of sp³-hybridized carbons (Fsp3) is 0.689. The minimum Gasteiger partial charge on any atom is -0.455 e. The molecule has 0 aliphatic carbocycles. The smallest absolute Gasteiger partial charge is 0.410 e. The predicted octanol–water partition coefficient (Wildman–Crippen LogP) is 4.82. The minimum absolute atomic E-state index is 0.0170. The minimum atomic E-state index is -3.20. The number of cyclic esters (lactones) is 1.